The number of hydrogen-bond donors (Lipinski definition) is 1. The smallest absolute Gasteiger partial charge is 0.229 e. The number of aromatic nitrogens is 2. The van der Waals surface area contributed by atoms with E-state index < -0.39 is 0 Å². The van der Waals surface area contributed by atoms with Gasteiger partial charge in [0.05, 0.1) is 5.69 Å². The minimum Gasteiger partial charge on any atom is -0.399 e. The summed E-state index contributed by atoms with van der Waals surface area (Å²) < 4.78 is 0. The number of nitrogens with zero attached hydrogens (tertiary/aromatic N) is 3. The summed E-state index contributed by atoms with van der Waals surface area (Å²) in [4.78, 5) is 21.9. The van der Waals surface area contributed by atoms with E-state index in [4.69, 9.17) is 5.73 Å². The number of pyridine rings is 2. The molecule has 0 bridgehead atoms. The molecule has 21 heavy (non-hydrogen) atoms. The summed E-state index contributed by atoms with van der Waals surface area (Å²) in [5, 5.41) is 2.03. The fraction of sp³-hybridized carbons (Fsp3) is 0.0625. The van der Waals surface area contributed by atoms with Gasteiger partial charge in [-0.25, -0.2) is 4.98 Å². The molecule has 0 aliphatic heterocycles. The molecule has 0 spiro atoms. The topological polar surface area (TPSA) is 72.1 Å². The zero-order valence-electron chi connectivity index (χ0n) is 11.5. The minimum absolute atomic E-state index is 0.124. The third-order valence-corrected chi connectivity index (χ3v) is 3.20. The lowest BCUT2D eigenvalue weighted by atomic mass is 10.1. The summed E-state index contributed by atoms with van der Waals surface area (Å²) in [6, 6.07) is 11.0. The van der Waals surface area contributed by atoms with Gasteiger partial charge in [-0.15, -0.1) is 0 Å². The van der Waals surface area contributed by atoms with Crippen molar-refractivity contribution in [3.05, 3.63) is 55.0 Å². The molecule has 0 aliphatic rings. The lowest BCUT2D eigenvalue weighted by molar-refractivity contribution is -0.115. The molecule has 0 unspecified atom stereocenters. The first-order chi connectivity index (χ1) is 10.1. The van der Waals surface area contributed by atoms with Crippen molar-refractivity contribution in [3.8, 4) is 0 Å². The van der Waals surface area contributed by atoms with Crippen LogP contribution in [0.25, 0.3) is 10.8 Å². The summed E-state index contributed by atoms with van der Waals surface area (Å²) in [5.41, 5.74) is 7.09. The number of hydrogen-bond acceptors (Lipinski definition) is 4. The Morgan fingerprint density at radius 3 is 2.71 bits per heavy atom. The summed E-state index contributed by atoms with van der Waals surface area (Å²) in [6.45, 7) is 1.50. The van der Waals surface area contributed by atoms with Gasteiger partial charge in [-0.05, 0) is 29.7 Å². The van der Waals surface area contributed by atoms with E-state index in [1.54, 1.807) is 30.7 Å². The summed E-state index contributed by atoms with van der Waals surface area (Å²) in [7, 11) is 0. The summed E-state index contributed by atoms with van der Waals surface area (Å²) in [5.74, 6) is 0.386. The predicted octanol–water partition coefficient (Wildman–Crippen LogP) is 2.90. The SMILES string of the molecule is CC(=O)N(c1ccc2cnccc2c1)c1cc(N)ccn1. The monoisotopic (exact) mass is 278 g/mol. The number of amides is 1. The number of nitrogen functional groups attached to an aromatic ring is 1. The van der Waals surface area contributed by atoms with Crippen LogP contribution < -0.4 is 10.6 Å². The molecule has 0 saturated heterocycles. The van der Waals surface area contributed by atoms with Gasteiger partial charge < -0.3 is 5.73 Å². The Balaban J connectivity index is 2.13. The molecule has 1 amide bonds. The van der Waals surface area contributed by atoms with Crippen LogP contribution in [0.3, 0.4) is 0 Å². The van der Waals surface area contributed by atoms with Crippen LogP contribution in [-0.2, 0) is 4.79 Å². The highest BCUT2D eigenvalue weighted by Gasteiger charge is 2.15. The molecule has 0 fully saturated rings. The Morgan fingerprint density at radius 1 is 1.10 bits per heavy atom. The van der Waals surface area contributed by atoms with Crippen molar-refractivity contribution in [2.45, 2.75) is 6.92 Å². The van der Waals surface area contributed by atoms with Gasteiger partial charge in [-0.2, -0.15) is 0 Å². The molecule has 2 N–H and O–H groups in total. The number of carbonyl (C=O) groups excluding carboxylic acids is 1. The molecule has 5 nitrogen and oxygen atoms in total. The second kappa shape index (κ2) is 5.20. The van der Waals surface area contributed by atoms with Crippen LogP contribution in [0.2, 0.25) is 0 Å². The number of anilines is 3. The van der Waals surface area contributed by atoms with Crippen LogP contribution >= 0.6 is 0 Å². The van der Waals surface area contributed by atoms with Crippen LogP contribution in [0.1, 0.15) is 6.92 Å². The molecule has 0 saturated carbocycles. The molecule has 5 heteroatoms. The van der Waals surface area contributed by atoms with Crippen molar-refractivity contribution < 1.29 is 4.79 Å². The maximum Gasteiger partial charge on any atom is 0.229 e. The molecule has 0 atom stereocenters. The predicted molar refractivity (Wildman–Crippen MR) is 83.2 cm³/mol. The molecule has 104 valence electrons. The Labute approximate surface area is 122 Å². The quantitative estimate of drug-likeness (QED) is 0.782. The number of benzene rings is 1. The molecule has 3 rings (SSSR count). The van der Waals surface area contributed by atoms with E-state index in [1.165, 1.54) is 11.8 Å². The number of rotatable bonds is 2. The largest absolute Gasteiger partial charge is 0.399 e. The van der Waals surface area contributed by atoms with Crippen LogP contribution in [0.4, 0.5) is 17.2 Å². The number of nitrogens with two attached hydrogens (primary N) is 1. The second-order valence-corrected chi connectivity index (χ2v) is 4.71. The minimum atomic E-state index is -0.124. The lowest BCUT2D eigenvalue weighted by Gasteiger charge is -2.20. The average molecular weight is 278 g/mol. The van der Waals surface area contributed by atoms with Crippen LogP contribution in [-0.4, -0.2) is 15.9 Å². The number of carbonyl (C=O) groups is 1. The Hall–Kier alpha value is -2.95. The lowest BCUT2D eigenvalue weighted by Crippen LogP contribution is -2.23. The highest BCUT2D eigenvalue weighted by atomic mass is 16.2. The van der Waals surface area contributed by atoms with Crippen LogP contribution in [0.5, 0.6) is 0 Å². The fourth-order valence-electron chi connectivity index (χ4n) is 2.24. The molecule has 2 aromatic heterocycles. The van der Waals surface area contributed by atoms with Gasteiger partial charge in [-0.3, -0.25) is 14.7 Å². The van der Waals surface area contributed by atoms with E-state index in [-0.39, 0.29) is 5.91 Å². The molecular weight excluding hydrogens is 264 g/mol. The van der Waals surface area contributed by atoms with Gasteiger partial charge in [0.25, 0.3) is 0 Å². The van der Waals surface area contributed by atoms with E-state index in [9.17, 15) is 4.79 Å². The third-order valence-electron chi connectivity index (χ3n) is 3.20. The van der Waals surface area contributed by atoms with Crippen molar-refractivity contribution in [1.82, 2.24) is 9.97 Å². The first-order valence-corrected chi connectivity index (χ1v) is 6.51. The van der Waals surface area contributed by atoms with Crippen molar-refractivity contribution >= 4 is 33.9 Å². The van der Waals surface area contributed by atoms with E-state index in [0.29, 0.717) is 11.5 Å². The highest BCUT2D eigenvalue weighted by Crippen LogP contribution is 2.28. The molecule has 0 radical (unpaired) electrons. The van der Waals surface area contributed by atoms with Gasteiger partial charge in [0.1, 0.15) is 5.82 Å². The van der Waals surface area contributed by atoms with Crippen molar-refractivity contribution in [2.24, 2.45) is 0 Å². The first-order valence-electron chi connectivity index (χ1n) is 6.51. The average Bonchev–Trinajstić information content (AvgIpc) is 2.47. The third kappa shape index (κ3) is 2.53. The van der Waals surface area contributed by atoms with Gasteiger partial charge in [0.2, 0.25) is 5.91 Å². The maximum atomic E-state index is 12.0. The number of fused-ring (bicyclic) bond motifs is 1. The van der Waals surface area contributed by atoms with Gasteiger partial charge in [0, 0.05) is 42.7 Å². The van der Waals surface area contributed by atoms with E-state index >= 15 is 0 Å². The van der Waals surface area contributed by atoms with Crippen molar-refractivity contribution in [1.29, 1.82) is 0 Å². The Bertz CT molecular complexity index is 816. The Morgan fingerprint density at radius 2 is 1.95 bits per heavy atom. The van der Waals surface area contributed by atoms with E-state index in [1.807, 2.05) is 24.3 Å². The normalized spacial score (nSPS) is 10.5. The molecule has 0 aliphatic carbocycles. The maximum absolute atomic E-state index is 12.0. The fourth-order valence-corrected chi connectivity index (χ4v) is 2.24. The second-order valence-electron chi connectivity index (χ2n) is 4.71. The van der Waals surface area contributed by atoms with E-state index in [2.05, 4.69) is 9.97 Å². The zero-order valence-corrected chi connectivity index (χ0v) is 11.5. The van der Waals surface area contributed by atoms with Crippen LogP contribution in [0, 0.1) is 0 Å². The molecule has 3 aromatic rings. The highest BCUT2D eigenvalue weighted by molar-refractivity contribution is 6.00. The summed E-state index contributed by atoms with van der Waals surface area (Å²) >= 11 is 0. The van der Waals surface area contributed by atoms with Crippen molar-refractivity contribution in [3.63, 3.8) is 0 Å². The standard InChI is InChI=1S/C16H14N4O/c1-11(21)20(16-9-14(17)5-7-19-16)15-3-2-13-10-18-6-4-12(13)8-15/h2-10H,1H3,(H2,17,19). The van der Waals surface area contributed by atoms with Crippen LogP contribution in [0.15, 0.2) is 55.0 Å². The van der Waals surface area contributed by atoms with Gasteiger partial charge in [-0.1, -0.05) is 6.07 Å². The Kier molecular flexibility index (Phi) is 3.23. The van der Waals surface area contributed by atoms with Gasteiger partial charge >= 0.3 is 0 Å². The van der Waals surface area contributed by atoms with Crippen molar-refractivity contribution in [2.75, 3.05) is 10.6 Å². The molecular formula is C16H14N4O. The van der Waals surface area contributed by atoms with Gasteiger partial charge in [0.15, 0.2) is 0 Å². The molecule has 1 aromatic carbocycles. The zero-order chi connectivity index (χ0) is 14.8. The summed E-state index contributed by atoms with van der Waals surface area (Å²) in [6.07, 6.45) is 5.10. The van der Waals surface area contributed by atoms with E-state index in [0.717, 1.165) is 16.5 Å². The molecule has 2 heterocycles. The first kappa shape index (κ1) is 13.1.